The molecule has 1 N–H and O–H groups in total. The van der Waals surface area contributed by atoms with Gasteiger partial charge in [-0.1, -0.05) is 61.7 Å². The van der Waals surface area contributed by atoms with E-state index in [0.717, 1.165) is 45.4 Å². The number of amides is 2. The summed E-state index contributed by atoms with van der Waals surface area (Å²) in [4.78, 5) is 28.5. The molecule has 1 saturated carbocycles. The summed E-state index contributed by atoms with van der Waals surface area (Å²) in [5.74, 6) is -0.663. The molecule has 196 valence electrons. The quantitative estimate of drug-likeness (QED) is 0.526. The normalized spacial score (nSPS) is 15.4. The van der Waals surface area contributed by atoms with Crippen molar-refractivity contribution in [2.24, 2.45) is 0 Å². The molecular weight excluding hydrogens is 476 g/mol. The van der Waals surface area contributed by atoms with Crippen LogP contribution in [0.4, 0.5) is 5.69 Å². The Morgan fingerprint density at radius 3 is 2.19 bits per heavy atom. The van der Waals surface area contributed by atoms with Crippen LogP contribution in [-0.2, 0) is 26.3 Å². The van der Waals surface area contributed by atoms with Crippen LogP contribution in [0.1, 0.15) is 50.2 Å². The molecule has 1 fully saturated rings. The van der Waals surface area contributed by atoms with E-state index in [1.54, 1.807) is 37.3 Å². The second-order valence-electron chi connectivity index (χ2n) is 9.60. The molecule has 0 radical (unpaired) electrons. The van der Waals surface area contributed by atoms with Gasteiger partial charge in [-0.25, -0.2) is 4.31 Å². The van der Waals surface area contributed by atoms with E-state index in [1.165, 1.54) is 25.4 Å². The number of aryl methyl sites for hydroxylation is 1. The molecule has 2 aromatic rings. The van der Waals surface area contributed by atoms with Crippen LogP contribution in [0.15, 0.2) is 54.6 Å². The molecule has 8 nitrogen and oxygen atoms in total. The van der Waals surface area contributed by atoms with E-state index in [9.17, 15) is 18.0 Å². The van der Waals surface area contributed by atoms with Gasteiger partial charge in [0.1, 0.15) is 12.6 Å². The molecule has 9 heteroatoms. The lowest BCUT2D eigenvalue weighted by atomic mass is 9.95. The number of benzene rings is 2. The Bertz CT molecular complexity index is 1130. The fraction of sp³-hybridized carbons (Fsp3) is 0.481. The van der Waals surface area contributed by atoms with E-state index in [1.807, 2.05) is 31.2 Å². The molecule has 0 unspecified atom stereocenters. The summed E-state index contributed by atoms with van der Waals surface area (Å²) in [6.07, 6.45) is 5.22. The summed E-state index contributed by atoms with van der Waals surface area (Å²) in [5.41, 5.74) is 2.29. The van der Waals surface area contributed by atoms with Crippen molar-refractivity contribution in [1.82, 2.24) is 14.5 Å². The summed E-state index contributed by atoms with van der Waals surface area (Å²) in [7, 11) is -1.09. The van der Waals surface area contributed by atoms with Crippen LogP contribution in [0.25, 0.3) is 0 Å². The highest BCUT2D eigenvalue weighted by atomic mass is 32.2. The molecule has 3 rings (SSSR count). The van der Waals surface area contributed by atoms with Gasteiger partial charge in [0.25, 0.3) is 0 Å². The average molecular weight is 515 g/mol. The molecule has 0 saturated heterocycles. The summed E-state index contributed by atoms with van der Waals surface area (Å²) >= 11 is 0. The molecule has 2 amide bonds. The highest BCUT2D eigenvalue weighted by Crippen LogP contribution is 2.22. The van der Waals surface area contributed by atoms with Crippen molar-refractivity contribution in [2.75, 3.05) is 24.9 Å². The van der Waals surface area contributed by atoms with Crippen molar-refractivity contribution in [2.45, 2.75) is 64.6 Å². The maximum atomic E-state index is 13.8. The summed E-state index contributed by atoms with van der Waals surface area (Å²) in [6, 6.07) is 15.6. The van der Waals surface area contributed by atoms with Crippen molar-refractivity contribution in [3.8, 4) is 0 Å². The fourth-order valence-corrected chi connectivity index (χ4v) is 5.49. The fourth-order valence-electron chi connectivity index (χ4n) is 4.43. The zero-order chi connectivity index (χ0) is 26.3. The topological polar surface area (TPSA) is 90.0 Å². The first kappa shape index (κ1) is 27.7. The van der Waals surface area contributed by atoms with Crippen LogP contribution in [-0.4, -0.2) is 62.2 Å². The molecule has 0 heterocycles. The van der Waals surface area contributed by atoms with Gasteiger partial charge >= 0.3 is 10.2 Å². The highest BCUT2D eigenvalue weighted by molar-refractivity contribution is 7.90. The first-order valence-electron chi connectivity index (χ1n) is 12.5. The highest BCUT2D eigenvalue weighted by Gasteiger charge is 2.33. The Morgan fingerprint density at radius 1 is 0.972 bits per heavy atom. The summed E-state index contributed by atoms with van der Waals surface area (Å²) in [5, 5.41) is 3.11. The minimum atomic E-state index is -3.95. The monoisotopic (exact) mass is 514 g/mol. The van der Waals surface area contributed by atoms with Gasteiger partial charge in [0.2, 0.25) is 11.8 Å². The van der Waals surface area contributed by atoms with Crippen LogP contribution in [0.5, 0.6) is 0 Å². The van der Waals surface area contributed by atoms with E-state index in [0.29, 0.717) is 5.69 Å². The number of hydrogen-bond donors (Lipinski definition) is 1. The second kappa shape index (κ2) is 12.4. The van der Waals surface area contributed by atoms with Crippen molar-refractivity contribution < 1.29 is 18.0 Å². The minimum absolute atomic E-state index is 0.110. The number of rotatable bonds is 10. The second-order valence-corrected chi connectivity index (χ2v) is 11.7. The average Bonchev–Trinajstić information content (AvgIpc) is 2.87. The standard InChI is InChI=1S/C27H38N4O4S/c1-21-13-11-12-14-23(21)19-30(22(2)27(33)28-24-15-7-5-8-16-24)26(32)20-31(36(34,35)29(3)4)25-17-9-6-10-18-25/h6,9-14,17-18,22,24H,5,7-8,15-16,19-20H2,1-4H3,(H,28,33)/t22-/m1/s1. The zero-order valence-corrected chi connectivity index (χ0v) is 22.5. The smallest absolute Gasteiger partial charge is 0.304 e. The van der Waals surface area contributed by atoms with Gasteiger partial charge in [-0.05, 0) is 49.9 Å². The number of carbonyl (C=O) groups excluding carboxylic acids is 2. The van der Waals surface area contributed by atoms with Crippen molar-refractivity contribution >= 4 is 27.7 Å². The van der Waals surface area contributed by atoms with Crippen LogP contribution < -0.4 is 9.62 Å². The maximum Gasteiger partial charge on any atom is 0.304 e. The predicted molar refractivity (Wildman–Crippen MR) is 143 cm³/mol. The van der Waals surface area contributed by atoms with Crippen molar-refractivity contribution in [3.63, 3.8) is 0 Å². The Kier molecular flexibility index (Phi) is 9.50. The molecule has 0 aliphatic heterocycles. The Balaban J connectivity index is 1.90. The number of anilines is 1. The predicted octanol–water partition coefficient (Wildman–Crippen LogP) is 3.47. The summed E-state index contributed by atoms with van der Waals surface area (Å²) in [6.45, 7) is 3.45. The van der Waals surface area contributed by atoms with E-state index >= 15 is 0 Å². The maximum absolute atomic E-state index is 13.8. The van der Waals surface area contributed by atoms with Gasteiger partial charge < -0.3 is 10.2 Å². The molecule has 0 bridgehead atoms. The van der Waals surface area contributed by atoms with E-state index in [4.69, 9.17) is 0 Å². The SMILES string of the molecule is Cc1ccccc1CN(C(=O)CN(c1ccccc1)S(=O)(=O)N(C)C)[C@H](C)C(=O)NC1CCCCC1. The molecule has 1 aliphatic rings. The molecule has 0 aromatic heterocycles. The first-order chi connectivity index (χ1) is 17.1. The van der Waals surface area contributed by atoms with E-state index < -0.39 is 28.7 Å². The van der Waals surface area contributed by atoms with E-state index in [-0.39, 0.29) is 18.5 Å². The van der Waals surface area contributed by atoms with Crippen molar-refractivity contribution in [1.29, 1.82) is 0 Å². The molecule has 36 heavy (non-hydrogen) atoms. The summed E-state index contributed by atoms with van der Waals surface area (Å²) < 4.78 is 28.5. The number of carbonyl (C=O) groups is 2. The van der Waals surface area contributed by atoms with E-state index in [2.05, 4.69) is 5.32 Å². The van der Waals surface area contributed by atoms with Gasteiger partial charge in [0.05, 0.1) is 5.69 Å². The third-order valence-corrected chi connectivity index (χ3v) is 8.60. The number of hydrogen-bond acceptors (Lipinski definition) is 4. The Labute approximate surface area is 215 Å². The first-order valence-corrected chi connectivity index (χ1v) is 13.9. The lowest BCUT2D eigenvalue weighted by Crippen LogP contribution is -2.53. The van der Waals surface area contributed by atoms with Crippen LogP contribution in [0, 0.1) is 6.92 Å². The van der Waals surface area contributed by atoms with Gasteiger partial charge in [-0.3, -0.25) is 9.59 Å². The van der Waals surface area contributed by atoms with Gasteiger partial charge in [0, 0.05) is 26.7 Å². The Hall–Kier alpha value is -2.91. The molecular formula is C27H38N4O4S. The minimum Gasteiger partial charge on any atom is -0.352 e. The van der Waals surface area contributed by atoms with Crippen molar-refractivity contribution in [3.05, 3.63) is 65.7 Å². The lowest BCUT2D eigenvalue weighted by molar-refractivity contribution is -0.139. The number of nitrogens with zero attached hydrogens (tertiary/aromatic N) is 3. The number of para-hydroxylation sites is 1. The number of nitrogens with one attached hydrogen (secondary N) is 1. The Morgan fingerprint density at radius 2 is 1.58 bits per heavy atom. The molecule has 0 spiro atoms. The lowest BCUT2D eigenvalue weighted by Gasteiger charge is -2.34. The molecule has 2 aromatic carbocycles. The molecule has 1 aliphatic carbocycles. The van der Waals surface area contributed by atoms with Crippen LogP contribution in [0.2, 0.25) is 0 Å². The zero-order valence-electron chi connectivity index (χ0n) is 21.7. The third-order valence-electron chi connectivity index (χ3n) is 6.78. The van der Waals surface area contributed by atoms with Gasteiger partial charge in [-0.2, -0.15) is 12.7 Å². The van der Waals surface area contributed by atoms with Gasteiger partial charge in [-0.15, -0.1) is 0 Å². The van der Waals surface area contributed by atoms with Gasteiger partial charge in [0.15, 0.2) is 0 Å². The molecule has 1 atom stereocenters. The van der Waals surface area contributed by atoms with Crippen LogP contribution >= 0.6 is 0 Å². The third kappa shape index (κ3) is 6.85. The largest absolute Gasteiger partial charge is 0.352 e. The van der Waals surface area contributed by atoms with Crippen LogP contribution in [0.3, 0.4) is 0 Å².